The fraction of sp³-hybridized carbons (Fsp3) is 0.667. The van der Waals surface area contributed by atoms with Crippen LogP contribution >= 0.6 is 0 Å². The molecule has 1 atom stereocenters. The van der Waals surface area contributed by atoms with Crippen molar-refractivity contribution in [3.63, 3.8) is 0 Å². The number of nitrogens with zero attached hydrogens (tertiary/aromatic N) is 1. The van der Waals surface area contributed by atoms with Crippen molar-refractivity contribution in [2.45, 2.75) is 38.3 Å². The largest absolute Gasteiger partial charge is 0.497 e. The van der Waals surface area contributed by atoms with Gasteiger partial charge in [-0.3, -0.25) is 9.69 Å². The Hall–Kier alpha value is -1.63. The quantitative estimate of drug-likeness (QED) is 0.760. The molecule has 27 heavy (non-hydrogen) atoms. The number of methoxy groups -OCH3 is 1. The monoisotopic (exact) mass is 375 g/mol. The molecule has 0 saturated carbocycles. The summed E-state index contributed by atoms with van der Waals surface area (Å²) >= 11 is 0. The number of ether oxygens (including phenoxy) is 2. The maximum absolute atomic E-state index is 12.3. The first-order valence-electron chi connectivity index (χ1n) is 10.1. The van der Waals surface area contributed by atoms with Crippen molar-refractivity contribution in [1.82, 2.24) is 10.2 Å². The second-order valence-electron chi connectivity index (χ2n) is 7.79. The Labute approximate surface area is 162 Å². The van der Waals surface area contributed by atoms with E-state index in [2.05, 4.69) is 22.3 Å². The molecule has 3 N–H and O–H groups in total. The number of likely N-dealkylation sites (tertiary alicyclic amines) is 1. The molecule has 2 heterocycles. The Morgan fingerprint density at radius 1 is 1.22 bits per heavy atom. The molecule has 0 spiro atoms. The molecule has 6 heteroatoms. The average Bonchev–Trinajstić information content (AvgIpc) is 2.73. The predicted molar refractivity (Wildman–Crippen MR) is 106 cm³/mol. The van der Waals surface area contributed by atoms with Gasteiger partial charge in [0.2, 0.25) is 5.91 Å². The van der Waals surface area contributed by atoms with Crippen molar-refractivity contribution in [2.75, 3.05) is 40.0 Å². The van der Waals surface area contributed by atoms with E-state index in [1.807, 2.05) is 12.1 Å². The fourth-order valence-corrected chi connectivity index (χ4v) is 3.99. The average molecular weight is 376 g/mol. The molecule has 3 rings (SSSR count). The van der Waals surface area contributed by atoms with Crippen molar-refractivity contribution in [3.8, 4) is 5.75 Å². The summed E-state index contributed by atoms with van der Waals surface area (Å²) in [5.74, 6) is 1.70. The smallest absolute Gasteiger partial charge is 0.237 e. The van der Waals surface area contributed by atoms with Crippen molar-refractivity contribution in [1.29, 1.82) is 0 Å². The van der Waals surface area contributed by atoms with Crippen molar-refractivity contribution in [2.24, 2.45) is 17.6 Å². The number of carbonyl (C=O) groups excluding carboxylic acids is 1. The van der Waals surface area contributed by atoms with Gasteiger partial charge in [0.05, 0.1) is 13.2 Å². The van der Waals surface area contributed by atoms with E-state index in [0.717, 1.165) is 70.8 Å². The summed E-state index contributed by atoms with van der Waals surface area (Å²) in [6.45, 7) is 5.29. The minimum absolute atomic E-state index is 0.00237. The van der Waals surface area contributed by atoms with Crippen LogP contribution in [0.3, 0.4) is 0 Å². The minimum Gasteiger partial charge on any atom is -0.497 e. The Balaban J connectivity index is 1.35. The third-order valence-electron chi connectivity index (χ3n) is 5.91. The van der Waals surface area contributed by atoms with E-state index >= 15 is 0 Å². The molecule has 1 amide bonds. The summed E-state index contributed by atoms with van der Waals surface area (Å²) in [6.07, 6.45) is 4.00. The second kappa shape index (κ2) is 10.1. The molecule has 2 saturated heterocycles. The zero-order valence-electron chi connectivity index (χ0n) is 16.4. The molecule has 0 radical (unpaired) electrons. The van der Waals surface area contributed by atoms with E-state index in [0.29, 0.717) is 5.92 Å². The highest BCUT2D eigenvalue weighted by Crippen LogP contribution is 2.21. The highest BCUT2D eigenvalue weighted by Gasteiger charge is 2.27. The van der Waals surface area contributed by atoms with Crippen LogP contribution in [0.4, 0.5) is 0 Å². The standard InChI is InChI=1S/C21H33N3O3/c1-26-19-4-2-17(3-5-19)15-24-10-6-16(7-11-24)14-23-21(25)20(22)18-8-12-27-13-9-18/h2-5,16,18,20H,6-15,22H2,1H3,(H,23,25). The number of carbonyl (C=O) groups is 1. The lowest BCUT2D eigenvalue weighted by atomic mass is 9.91. The van der Waals surface area contributed by atoms with Gasteiger partial charge < -0.3 is 20.5 Å². The molecule has 0 aromatic heterocycles. The molecule has 0 aliphatic carbocycles. The van der Waals surface area contributed by atoms with Crippen LogP contribution in [0.25, 0.3) is 0 Å². The highest BCUT2D eigenvalue weighted by molar-refractivity contribution is 5.81. The summed E-state index contributed by atoms with van der Waals surface area (Å²) in [4.78, 5) is 14.8. The topological polar surface area (TPSA) is 76.8 Å². The summed E-state index contributed by atoms with van der Waals surface area (Å²) in [5.41, 5.74) is 7.46. The van der Waals surface area contributed by atoms with Gasteiger partial charge in [-0.25, -0.2) is 0 Å². The normalized spacial score (nSPS) is 21.0. The molecular weight excluding hydrogens is 342 g/mol. The maximum atomic E-state index is 12.3. The Morgan fingerprint density at radius 2 is 1.89 bits per heavy atom. The van der Waals surface area contributed by atoms with Crippen LogP contribution in [-0.2, 0) is 16.1 Å². The molecule has 1 unspecified atom stereocenters. The van der Waals surface area contributed by atoms with Gasteiger partial charge in [0.15, 0.2) is 0 Å². The number of rotatable bonds is 7. The lowest BCUT2D eigenvalue weighted by molar-refractivity contribution is -0.124. The lowest BCUT2D eigenvalue weighted by Gasteiger charge is -2.32. The fourth-order valence-electron chi connectivity index (χ4n) is 3.99. The summed E-state index contributed by atoms with van der Waals surface area (Å²) in [5, 5.41) is 3.09. The summed E-state index contributed by atoms with van der Waals surface area (Å²) in [7, 11) is 1.69. The predicted octanol–water partition coefficient (Wildman–Crippen LogP) is 1.78. The second-order valence-corrected chi connectivity index (χ2v) is 7.79. The molecule has 2 aliphatic rings. The van der Waals surface area contributed by atoms with E-state index in [9.17, 15) is 4.79 Å². The van der Waals surface area contributed by atoms with E-state index in [1.54, 1.807) is 7.11 Å². The van der Waals surface area contributed by atoms with Crippen molar-refractivity contribution in [3.05, 3.63) is 29.8 Å². The van der Waals surface area contributed by atoms with Crippen LogP contribution in [0, 0.1) is 11.8 Å². The number of hydrogen-bond donors (Lipinski definition) is 2. The molecule has 2 fully saturated rings. The Morgan fingerprint density at radius 3 is 2.52 bits per heavy atom. The van der Waals surface area contributed by atoms with Gasteiger partial charge in [-0.2, -0.15) is 0 Å². The van der Waals surface area contributed by atoms with Crippen LogP contribution in [0.5, 0.6) is 5.75 Å². The highest BCUT2D eigenvalue weighted by atomic mass is 16.5. The first kappa shape index (κ1) is 20.1. The minimum atomic E-state index is -0.399. The number of piperidine rings is 1. The molecule has 0 bridgehead atoms. The number of benzene rings is 1. The molecule has 1 aromatic carbocycles. The zero-order valence-corrected chi connectivity index (χ0v) is 16.4. The molecule has 1 aromatic rings. The van der Waals surface area contributed by atoms with Gasteiger partial charge in [0, 0.05) is 26.3 Å². The number of amides is 1. The van der Waals surface area contributed by atoms with Gasteiger partial charge in [0.1, 0.15) is 5.75 Å². The van der Waals surface area contributed by atoms with Crippen LogP contribution in [0.2, 0.25) is 0 Å². The Bertz CT molecular complexity index is 579. The van der Waals surface area contributed by atoms with E-state index in [-0.39, 0.29) is 11.8 Å². The maximum Gasteiger partial charge on any atom is 0.237 e. The summed E-state index contributed by atoms with van der Waals surface area (Å²) < 4.78 is 10.6. The number of hydrogen-bond acceptors (Lipinski definition) is 5. The van der Waals surface area contributed by atoms with Crippen LogP contribution in [-0.4, -0.2) is 56.8 Å². The van der Waals surface area contributed by atoms with E-state index in [1.165, 1.54) is 5.56 Å². The SMILES string of the molecule is COc1ccc(CN2CCC(CNC(=O)C(N)C3CCOCC3)CC2)cc1. The van der Waals surface area contributed by atoms with Crippen LogP contribution in [0.15, 0.2) is 24.3 Å². The van der Waals surface area contributed by atoms with Crippen molar-refractivity contribution >= 4 is 5.91 Å². The van der Waals surface area contributed by atoms with Crippen LogP contribution < -0.4 is 15.8 Å². The van der Waals surface area contributed by atoms with Gasteiger partial charge in [-0.05, 0) is 68.3 Å². The first-order valence-corrected chi connectivity index (χ1v) is 10.1. The third kappa shape index (κ3) is 5.92. The zero-order chi connectivity index (χ0) is 19.1. The van der Waals surface area contributed by atoms with E-state index in [4.69, 9.17) is 15.2 Å². The molecule has 2 aliphatic heterocycles. The summed E-state index contributed by atoms with van der Waals surface area (Å²) in [6, 6.07) is 7.88. The van der Waals surface area contributed by atoms with Gasteiger partial charge in [-0.1, -0.05) is 12.1 Å². The first-order chi connectivity index (χ1) is 13.2. The Kier molecular flexibility index (Phi) is 7.50. The van der Waals surface area contributed by atoms with Gasteiger partial charge >= 0.3 is 0 Å². The van der Waals surface area contributed by atoms with Crippen molar-refractivity contribution < 1.29 is 14.3 Å². The van der Waals surface area contributed by atoms with E-state index < -0.39 is 6.04 Å². The molecule has 150 valence electrons. The number of nitrogens with two attached hydrogens (primary N) is 1. The lowest BCUT2D eigenvalue weighted by Crippen LogP contribution is -2.48. The van der Waals surface area contributed by atoms with Gasteiger partial charge in [-0.15, -0.1) is 0 Å². The van der Waals surface area contributed by atoms with Crippen LogP contribution in [0.1, 0.15) is 31.2 Å². The molecular formula is C21H33N3O3. The third-order valence-corrected chi connectivity index (χ3v) is 5.91. The van der Waals surface area contributed by atoms with Gasteiger partial charge in [0.25, 0.3) is 0 Å². The number of nitrogens with one attached hydrogen (secondary N) is 1. The molecule has 6 nitrogen and oxygen atoms in total.